The molecule has 0 saturated heterocycles. The summed E-state index contributed by atoms with van der Waals surface area (Å²) in [5, 5.41) is 0.170. The maximum Gasteiger partial charge on any atom is 0.164 e. The minimum absolute atomic E-state index is 0.158. The van der Waals surface area contributed by atoms with E-state index < -0.39 is 106 Å². The predicted molar refractivity (Wildman–Crippen MR) is 200 cm³/mol. The molecule has 0 saturated carbocycles. The van der Waals surface area contributed by atoms with Crippen molar-refractivity contribution in [2.24, 2.45) is 0 Å². The summed E-state index contributed by atoms with van der Waals surface area (Å²) in [4.78, 5) is 14.4. The lowest BCUT2D eigenvalue weighted by atomic mass is 9.95. The van der Waals surface area contributed by atoms with E-state index in [9.17, 15) is 8.22 Å². The van der Waals surface area contributed by atoms with Gasteiger partial charge < -0.3 is 0 Å². The molecule has 0 aliphatic heterocycles. The average molecular weight is 625 g/mol. The van der Waals surface area contributed by atoms with Crippen LogP contribution >= 0.6 is 0 Å². The first-order chi connectivity index (χ1) is 29.2. The van der Waals surface area contributed by atoms with Gasteiger partial charge in [-0.2, -0.15) is 0 Å². The number of aromatic nitrogens is 3. The lowest BCUT2D eigenvalue weighted by molar-refractivity contribution is 1.08. The van der Waals surface area contributed by atoms with Crippen molar-refractivity contribution in [2.45, 2.75) is 0 Å². The van der Waals surface area contributed by atoms with Gasteiger partial charge in [0.05, 0.1) is 17.8 Å². The zero-order chi connectivity index (χ0) is 43.2. The van der Waals surface area contributed by atoms with Crippen molar-refractivity contribution in [3.8, 4) is 56.4 Å². The lowest BCUT2D eigenvalue weighted by Gasteiger charge is -2.12. The van der Waals surface area contributed by atoms with Gasteiger partial charge in [0.15, 0.2) is 17.5 Å². The van der Waals surface area contributed by atoms with Crippen LogP contribution in [0, 0.1) is 0 Å². The zero-order valence-corrected chi connectivity index (χ0v) is 25.1. The quantitative estimate of drug-likeness (QED) is 0.191. The summed E-state index contributed by atoms with van der Waals surface area (Å²) in [6, 6.07) is 22.1. The van der Waals surface area contributed by atoms with Gasteiger partial charge in [0, 0.05) is 16.7 Å². The summed E-state index contributed by atoms with van der Waals surface area (Å²) in [7, 11) is 0. The van der Waals surface area contributed by atoms with Gasteiger partial charge in [0.1, 0.15) is 0 Å². The van der Waals surface area contributed by atoms with Gasteiger partial charge in [0.2, 0.25) is 0 Å². The van der Waals surface area contributed by atoms with Crippen molar-refractivity contribution in [1.29, 1.82) is 0 Å². The Bertz CT molecular complexity index is 3340. The Kier molecular flexibility index (Phi) is 4.27. The maximum absolute atomic E-state index is 9.48. The molecule has 3 heteroatoms. The van der Waals surface area contributed by atoms with E-state index in [1.807, 2.05) is 66.7 Å². The van der Waals surface area contributed by atoms with Crippen LogP contribution in [-0.4, -0.2) is 15.0 Å². The van der Waals surface area contributed by atoms with Crippen LogP contribution < -0.4 is 0 Å². The topological polar surface area (TPSA) is 38.7 Å². The van der Waals surface area contributed by atoms with Gasteiger partial charge in [-0.05, 0) is 72.7 Å². The third-order valence-electron chi connectivity index (χ3n) is 8.06. The summed E-state index contributed by atoms with van der Waals surface area (Å²) >= 11 is 0. The Morgan fingerprint density at radius 2 is 1.02 bits per heavy atom. The second-order valence-corrected chi connectivity index (χ2v) is 11.0. The minimum atomic E-state index is -0.732. The van der Waals surface area contributed by atoms with Crippen LogP contribution in [0.1, 0.15) is 17.8 Å². The molecule has 0 unspecified atom stereocenters. The van der Waals surface area contributed by atoms with Crippen LogP contribution in [0.25, 0.3) is 88.7 Å². The molecule has 224 valence electrons. The van der Waals surface area contributed by atoms with E-state index >= 15 is 0 Å². The molecule has 0 atom stereocenters. The Morgan fingerprint density at radius 3 is 1.83 bits per heavy atom. The molecule has 0 bridgehead atoms. The molecule has 0 fully saturated rings. The molecular weight excluding hydrogens is 583 g/mol. The van der Waals surface area contributed by atoms with E-state index in [0.717, 1.165) is 21.9 Å². The Balaban J connectivity index is 1.31. The van der Waals surface area contributed by atoms with Gasteiger partial charge >= 0.3 is 0 Å². The van der Waals surface area contributed by atoms with Gasteiger partial charge in [-0.1, -0.05) is 157 Å². The fourth-order valence-corrected chi connectivity index (χ4v) is 5.73. The molecule has 1 heterocycles. The van der Waals surface area contributed by atoms with Gasteiger partial charge in [-0.3, -0.25) is 0 Å². The predicted octanol–water partition coefficient (Wildman–Crippen LogP) is 11.7. The van der Waals surface area contributed by atoms with Crippen LogP contribution in [0.4, 0.5) is 0 Å². The highest BCUT2D eigenvalue weighted by Gasteiger charge is 2.15. The van der Waals surface area contributed by atoms with E-state index in [2.05, 4.69) is 6.07 Å². The van der Waals surface area contributed by atoms with Gasteiger partial charge in [0.25, 0.3) is 0 Å². The first-order valence-electron chi connectivity index (χ1n) is 21.6. The van der Waals surface area contributed by atoms with Crippen LogP contribution in [0.15, 0.2) is 176 Å². The molecule has 48 heavy (non-hydrogen) atoms. The number of nitrogens with zero attached hydrogens (tertiary/aromatic N) is 3. The molecule has 0 amide bonds. The van der Waals surface area contributed by atoms with E-state index in [1.165, 1.54) is 0 Å². The third-order valence-corrected chi connectivity index (χ3v) is 8.06. The lowest BCUT2D eigenvalue weighted by Crippen LogP contribution is -2.00. The molecule has 9 aromatic rings. The first-order valence-corrected chi connectivity index (χ1v) is 15.1. The van der Waals surface area contributed by atoms with Crippen molar-refractivity contribution in [1.82, 2.24) is 15.0 Å². The molecular formula is C45H29N3. The minimum Gasteiger partial charge on any atom is -0.208 e. The van der Waals surface area contributed by atoms with Crippen LogP contribution in [0.2, 0.25) is 0 Å². The summed E-state index contributed by atoms with van der Waals surface area (Å²) in [5.41, 5.74) is 2.04. The second kappa shape index (κ2) is 11.7. The molecule has 1 aromatic heterocycles. The van der Waals surface area contributed by atoms with Gasteiger partial charge in [-0.15, -0.1) is 0 Å². The smallest absolute Gasteiger partial charge is 0.164 e. The highest BCUT2D eigenvalue weighted by molar-refractivity contribution is 6.00. The van der Waals surface area contributed by atoms with Crippen molar-refractivity contribution >= 4 is 32.3 Å². The number of hydrogen-bond donors (Lipinski definition) is 0. The van der Waals surface area contributed by atoms with Crippen LogP contribution in [0.5, 0.6) is 0 Å². The SMILES string of the molecule is [2H]c1c(-c2c([2H])c([2H])c([2H])c3c([2H])c([2H])c([2H])c([2H])c23)c([2H])c2c([2H])c([2H])c(-c3nc(-c4ccccc4)nc(-c4cccc5cc(-c6ccccc6)ccc45)n3)c([2H])c2c1[2H]. The molecule has 0 N–H and O–H groups in total. The summed E-state index contributed by atoms with van der Waals surface area (Å²) < 4.78 is 115. The number of fused-ring (bicyclic) bond motifs is 3. The number of rotatable bonds is 5. The Labute approximate surface area is 297 Å². The maximum atomic E-state index is 9.48. The average Bonchev–Trinajstić information content (AvgIpc) is 3.28. The second-order valence-electron chi connectivity index (χ2n) is 11.0. The number of hydrogen-bond acceptors (Lipinski definition) is 3. The fraction of sp³-hybridized carbons (Fsp3) is 0. The van der Waals surface area contributed by atoms with Crippen molar-refractivity contribution in [2.75, 3.05) is 0 Å². The van der Waals surface area contributed by atoms with E-state index in [1.54, 1.807) is 24.3 Å². The van der Waals surface area contributed by atoms with Gasteiger partial charge in [-0.25, -0.2) is 15.0 Å². The van der Waals surface area contributed by atoms with Crippen LogP contribution in [-0.2, 0) is 0 Å². The fourth-order valence-electron chi connectivity index (χ4n) is 5.73. The Morgan fingerprint density at radius 1 is 0.354 bits per heavy atom. The molecule has 9 rings (SSSR count). The molecule has 0 radical (unpaired) electrons. The van der Waals surface area contributed by atoms with E-state index in [0.29, 0.717) is 11.1 Å². The zero-order valence-electron chi connectivity index (χ0n) is 38.1. The van der Waals surface area contributed by atoms with Crippen molar-refractivity contribution in [3.05, 3.63) is 176 Å². The highest BCUT2D eigenvalue weighted by atomic mass is 15.0. The normalized spacial score (nSPS) is 15.1. The summed E-state index contributed by atoms with van der Waals surface area (Å²) in [6.45, 7) is 0. The molecule has 3 nitrogen and oxygen atoms in total. The molecule has 0 aliphatic carbocycles. The monoisotopic (exact) mass is 624 g/mol. The van der Waals surface area contributed by atoms with Crippen molar-refractivity contribution in [3.63, 3.8) is 0 Å². The number of benzene rings is 8. The highest BCUT2D eigenvalue weighted by Crippen LogP contribution is 2.35. The van der Waals surface area contributed by atoms with E-state index in [4.69, 9.17) is 24.5 Å². The molecule has 0 aliphatic rings. The van der Waals surface area contributed by atoms with Crippen molar-refractivity contribution < 1.29 is 17.8 Å². The largest absolute Gasteiger partial charge is 0.208 e. The first kappa shape index (κ1) is 17.5. The third kappa shape index (κ3) is 5.08. The molecule has 0 spiro atoms. The summed E-state index contributed by atoms with van der Waals surface area (Å²) in [6.07, 6.45) is 0. The summed E-state index contributed by atoms with van der Waals surface area (Å²) in [5.74, 6) is 0.254. The standard InChI is InChI=1S/C45H29N3/c1-3-11-30(12-4-1)33-25-26-41-36(27-33)17-10-20-42(41)45-47-43(32-14-5-2-6-15-32)46-44(48-45)38-24-22-34-28-37(23-21-35(34)29-38)40-19-9-16-31-13-7-8-18-39(31)40/h1-29H/i7D,8D,9D,13D,16D,18D,19D,21D,22D,23D,24D,28D,29D. The van der Waals surface area contributed by atoms with E-state index in [-0.39, 0.29) is 28.4 Å². The Hall–Kier alpha value is -6.45. The van der Waals surface area contributed by atoms with Crippen LogP contribution in [0.3, 0.4) is 0 Å². The molecule has 8 aromatic carbocycles.